The molecule has 1 aliphatic heterocycles. The fraction of sp³-hybridized carbons (Fsp3) is 0.714. The number of nitrogens with zero attached hydrogens (tertiary/aromatic N) is 2. The Bertz CT molecular complexity index is 396. The number of aryl methyl sites for hydroxylation is 1. The zero-order valence-corrected chi connectivity index (χ0v) is 11.7. The lowest BCUT2D eigenvalue weighted by Gasteiger charge is -2.22. The van der Waals surface area contributed by atoms with E-state index < -0.39 is 0 Å². The summed E-state index contributed by atoms with van der Waals surface area (Å²) in [5.74, 6) is 1.63. The van der Waals surface area contributed by atoms with Crippen LogP contribution in [0.2, 0.25) is 0 Å². The van der Waals surface area contributed by atoms with E-state index >= 15 is 0 Å². The van der Waals surface area contributed by atoms with E-state index in [0.29, 0.717) is 12.3 Å². The van der Waals surface area contributed by atoms with Gasteiger partial charge in [0.15, 0.2) is 0 Å². The van der Waals surface area contributed by atoms with Crippen molar-refractivity contribution in [2.24, 2.45) is 5.92 Å². The normalized spacial score (nSPS) is 16.5. The highest BCUT2D eigenvalue weighted by atomic mass is 16.1. The molecular formula is C14H24N4O. The smallest absolute Gasteiger partial charge is 0.225 e. The van der Waals surface area contributed by atoms with Crippen molar-refractivity contribution in [3.8, 4) is 0 Å². The molecule has 2 rings (SSSR count). The second-order valence-corrected chi connectivity index (χ2v) is 5.22. The topological polar surface area (TPSA) is 59.0 Å². The Labute approximate surface area is 114 Å². The lowest BCUT2D eigenvalue weighted by molar-refractivity contribution is -0.116. The number of carbonyl (C=O) groups excluding carboxylic acids is 1. The summed E-state index contributed by atoms with van der Waals surface area (Å²) in [5, 5.41) is 10.5. The van der Waals surface area contributed by atoms with Gasteiger partial charge in [-0.15, -0.1) is 0 Å². The molecule has 0 radical (unpaired) electrons. The molecule has 0 bridgehead atoms. The Morgan fingerprint density at radius 2 is 2.32 bits per heavy atom. The first-order chi connectivity index (χ1) is 9.29. The molecule has 1 saturated heterocycles. The lowest BCUT2D eigenvalue weighted by Crippen LogP contribution is -2.28. The van der Waals surface area contributed by atoms with Crippen molar-refractivity contribution in [1.29, 1.82) is 0 Å². The summed E-state index contributed by atoms with van der Waals surface area (Å²) < 4.78 is 1.85. The first-order valence-corrected chi connectivity index (χ1v) is 7.32. The molecule has 1 aromatic rings. The van der Waals surface area contributed by atoms with Crippen molar-refractivity contribution >= 4 is 11.7 Å². The minimum atomic E-state index is 0.108. The molecule has 5 nitrogen and oxygen atoms in total. The monoisotopic (exact) mass is 264 g/mol. The second kappa shape index (κ2) is 7.28. The third-order valence-electron chi connectivity index (χ3n) is 3.66. The SMILES string of the molecule is CCCn1nccc1NC(=O)CCC1CCNCC1. The predicted molar refractivity (Wildman–Crippen MR) is 76.0 cm³/mol. The van der Waals surface area contributed by atoms with Crippen LogP contribution in [0.25, 0.3) is 0 Å². The van der Waals surface area contributed by atoms with Gasteiger partial charge < -0.3 is 10.6 Å². The molecule has 0 saturated carbocycles. The maximum atomic E-state index is 11.9. The summed E-state index contributed by atoms with van der Waals surface area (Å²) >= 11 is 0. The van der Waals surface area contributed by atoms with Gasteiger partial charge in [-0.3, -0.25) is 4.79 Å². The molecule has 1 fully saturated rings. The van der Waals surface area contributed by atoms with Crippen molar-refractivity contribution in [3.05, 3.63) is 12.3 Å². The maximum Gasteiger partial charge on any atom is 0.225 e. The average molecular weight is 264 g/mol. The van der Waals surface area contributed by atoms with E-state index in [1.807, 2.05) is 10.7 Å². The van der Waals surface area contributed by atoms with E-state index in [4.69, 9.17) is 0 Å². The highest BCUT2D eigenvalue weighted by Gasteiger charge is 2.15. The van der Waals surface area contributed by atoms with Crippen LogP contribution in [0.1, 0.15) is 39.0 Å². The van der Waals surface area contributed by atoms with E-state index in [9.17, 15) is 4.79 Å². The van der Waals surface area contributed by atoms with Gasteiger partial charge in [0.05, 0.1) is 6.20 Å². The summed E-state index contributed by atoms with van der Waals surface area (Å²) in [6.45, 7) is 5.13. The van der Waals surface area contributed by atoms with E-state index in [2.05, 4.69) is 22.7 Å². The van der Waals surface area contributed by atoms with Crippen molar-refractivity contribution < 1.29 is 4.79 Å². The molecule has 0 aromatic carbocycles. The van der Waals surface area contributed by atoms with Gasteiger partial charge in [-0.2, -0.15) is 5.10 Å². The van der Waals surface area contributed by atoms with Crippen molar-refractivity contribution in [2.75, 3.05) is 18.4 Å². The number of nitrogens with one attached hydrogen (secondary N) is 2. The van der Waals surface area contributed by atoms with Crippen LogP contribution in [0.4, 0.5) is 5.82 Å². The molecule has 1 aromatic heterocycles. The summed E-state index contributed by atoms with van der Waals surface area (Å²) in [6, 6.07) is 1.86. The Morgan fingerprint density at radius 3 is 3.05 bits per heavy atom. The molecule has 5 heteroatoms. The number of rotatable bonds is 6. The van der Waals surface area contributed by atoms with Crippen molar-refractivity contribution in [1.82, 2.24) is 15.1 Å². The molecule has 0 atom stereocenters. The third-order valence-corrected chi connectivity index (χ3v) is 3.66. The Balaban J connectivity index is 1.75. The summed E-state index contributed by atoms with van der Waals surface area (Å²) in [4.78, 5) is 11.9. The van der Waals surface area contributed by atoms with Crippen LogP contribution in [0.15, 0.2) is 12.3 Å². The van der Waals surface area contributed by atoms with Crippen LogP contribution in [0.5, 0.6) is 0 Å². The Kier molecular flexibility index (Phi) is 5.39. The molecule has 0 unspecified atom stereocenters. The molecule has 2 N–H and O–H groups in total. The van der Waals surface area contributed by atoms with Gasteiger partial charge in [0, 0.05) is 19.0 Å². The number of hydrogen-bond donors (Lipinski definition) is 2. The summed E-state index contributed by atoms with van der Waals surface area (Å²) in [5.41, 5.74) is 0. The van der Waals surface area contributed by atoms with Crippen LogP contribution in [-0.2, 0) is 11.3 Å². The highest BCUT2D eigenvalue weighted by molar-refractivity contribution is 5.89. The fourth-order valence-corrected chi connectivity index (χ4v) is 2.54. The maximum absolute atomic E-state index is 11.9. The van der Waals surface area contributed by atoms with Gasteiger partial charge in [0.25, 0.3) is 0 Å². The Hall–Kier alpha value is -1.36. The minimum Gasteiger partial charge on any atom is -0.317 e. The predicted octanol–water partition coefficient (Wildman–Crippen LogP) is 2.01. The molecule has 2 heterocycles. The zero-order valence-electron chi connectivity index (χ0n) is 11.7. The van der Waals surface area contributed by atoms with E-state index in [1.165, 1.54) is 12.8 Å². The second-order valence-electron chi connectivity index (χ2n) is 5.22. The van der Waals surface area contributed by atoms with Gasteiger partial charge in [-0.25, -0.2) is 4.68 Å². The molecule has 1 amide bonds. The average Bonchev–Trinajstić information content (AvgIpc) is 2.85. The van der Waals surface area contributed by atoms with E-state index in [-0.39, 0.29) is 5.91 Å². The molecule has 0 aliphatic carbocycles. The molecule has 1 aliphatic rings. The van der Waals surface area contributed by atoms with Crippen LogP contribution < -0.4 is 10.6 Å². The van der Waals surface area contributed by atoms with Crippen LogP contribution in [0, 0.1) is 5.92 Å². The minimum absolute atomic E-state index is 0.108. The Morgan fingerprint density at radius 1 is 1.53 bits per heavy atom. The first-order valence-electron chi connectivity index (χ1n) is 7.32. The van der Waals surface area contributed by atoms with Gasteiger partial charge in [0.1, 0.15) is 5.82 Å². The van der Waals surface area contributed by atoms with E-state index in [1.54, 1.807) is 6.20 Å². The largest absolute Gasteiger partial charge is 0.317 e. The summed E-state index contributed by atoms with van der Waals surface area (Å²) in [6.07, 6.45) is 6.75. The zero-order chi connectivity index (χ0) is 13.5. The quantitative estimate of drug-likeness (QED) is 0.826. The first kappa shape index (κ1) is 14.1. The van der Waals surface area contributed by atoms with Gasteiger partial charge in [-0.05, 0) is 44.7 Å². The molecule has 0 spiro atoms. The number of amides is 1. The standard InChI is InChI=1S/C14H24N4O/c1-2-11-18-13(7-10-16-18)17-14(19)4-3-12-5-8-15-9-6-12/h7,10,12,15H,2-6,8-9,11H2,1H3,(H,17,19). The van der Waals surface area contributed by atoms with Crippen molar-refractivity contribution in [2.45, 2.75) is 45.6 Å². The molecule has 106 valence electrons. The van der Waals surface area contributed by atoms with Crippen molar-refractivity contribution in [3.63, 3.8) is 0 Å². The van der Waals surface area contributed by atoms with Crippen LogP contribution in [-0.4, -0.2) is 28.8 Å². The molecule has 19 heavy (non-hydrogen) atoms. The number of anilines is 1. The van der Waals surface area contributed by atoms with Gasteiger partial charge in [-0.1, -0.05) is 6.92 Å². The molecular weight excluding hydrogens is 240 g/mol. The summed E-state index contributed by atoms with van der Waals surface area (Å²) in [7, 11) is 0. The number of piperidine rings is 1. The number of carbonyl (C=O) groups is 1. The van der Waals surface area contributed by atoms with Gasteiger partial charge >= 0.3 is 0 Å². The van der Waals surface area contributed by atoms with E-state index in [0.717, 1.165) is 38.3 Å². The van der Waals surface area contributed by atoms with Crippen LogP contribution in [0.3, 0.4) is 0 Å². The number of aromatic nitrogens is 2. The lowest BCUT2D eigenvalue weighted by atomic mass is 9.93. The van der Waals surface area contributed by atoms with Gasteiger partial charge in [0.2, 0.25) is 5.91 Å². The van der Waals surface area contributed by atoms with Crippen LogP contribution >= 0.6 is 0 Å². The fourth-order valence-electron chi connectivity index (χ4n) is 2.54. The highest BCUT2D eigenvalue weighted by Crippen LogP contribution is 2.18. The number of hydrogen-bond acceptors (Lipinski definition) is 3. The third kappa shape index (κ3) is 4.35.